The normalized spacial score (nSPS) is 21.4. The van der Waals surface area contributed by atoms with Crippen molar-refractivity contribution in [1.29, 1.82) is 0 Å². The zero-order valence-electron chi connectivity index (χ0n) is 18.3. The molecule has 172 valence electrons. The number of anilines is 1. The third-order valence-electron chi connectivity index (χ3n) is 6.13. The molecule has 2 aliphatic rings. The van der Waals surface area contributed by atoms with Crippen LogP contribution in [0.15, 0.2) is 24.3 Å². The molecule has 2 aliphatic heterocycles. The smallest absolute Gasteiger partial charge is 0.310 e. The molecule has 2 saturated heterocycles. The van der Waals surface area contributed by atoms with Crippen LogP contribution in [0.5, 0.6) is 0 Å². The highest BCUT2D eigenvalue weighted by atomic mass is 35.5. The van der Waals surface area contributed by atoms with E-state index in [-0.39, 0.29) is 23.7 Å². The number of ether oxygens (including phenoxy) is 1. The summed E-state index contributed by atoms with van der Waals surface area (Å²) in [5, 5.41) is 1.58. The average molecular weight is 477 g/mol. The maximum Gasteiger partial charge on any atom is 0.310 e. The third-order valence-corrected chi connectivity index (χ3v) is 7.19. The van der Waals surface area contributed by atoms with Gasteiger partial charge in [0.15, 0.2) is 0 Å². The van der Waals surface area contributed by atoms with Gasteiger partial charge in [-0.2, -0.15) is 4.37 Å². The lowest BCUT2D eigenvalue weighted by molar-refractivity contribution is -0.152. The van der Waals surface area contributed by atoms with Gasteiger partial charge in [0.1, 0.15) is 5.82 Å². The predicted octanol–water partition coefficient (Wildman–Crippen LogP) is 3.80. The highest BCUT2D eigenvalue weighted by Crippen LogP contribution is 2.28. The molecule has 0 N–H and O–H groups in total. The van der Waals surface area contributed by atoms with Crippen LogP contribution >= 0.6 is 23.1 Å². The minimum absolute atomic E-state index is 0.0756. The summed E-state index contributed by atoms with van der Waals surface area (Å²) in [6.45, 7) is 4.91. The summed E-state index contributed by atoms with van der Waals surface area (Å²) in [4.78, 5) is 34.2. The van der Waals surface area contributed by atoms with Crippen LogP contribution in [0, 0.1) is 11.8 Å². The number of benzene rings is 1. The molecule has 1 amide bonds. The molecule has 2 unspecified atom stereocenters. The number of hydrogen-bond donors (Lipinski definition) is 0. The molecular weight excluding hydrogens is 448 g/mol. The molecule has 0 spiro atoms. The van der Waals surface area contributed by atoms with Crippen molar-refractivity contribution in [2.45, 2.75) is 39.0 Å². The van der Waals surface area contributed by atoms with Crippen molar-refractivity contribution in [3.05, 3.63) is 40.7 Å². The lowest BCUT2D eigenvalue weighted by Crippen LogP contribution is -2.49. The first-order valence-electron chi connectivity index (χ1n) is 11.3. The van der Waals surface area contributed by atoms with E-state index in [0.29, 0.717) is 31.1 Å². The first-order valence-corrected chi connectivity index (χ1v) is 12.5. The van der Waals surface area contributed by atoms with Crippen LogP contribution in [0.3, 0.4) is 0 Å². The van der Waals surface area contributed by atoms with Crippen molar-refractivity contribution in [1.82, 2.24) is 14.3 Å². The van der Waals surface area contributed by atoms with Gasteiger partial charge < -0.3 is 14.5 Å². The Morgan fingerprint density at radius 3 is 2.66 bits per heavy atom. The number of halogens is 1. The Balaban J connectivity index is 1.36. The van der Waals surface area contributed by atoms with E-state index in [0.717, 1.165) is 55.3 Å². The van der Waals surface area contributed by atoms with Gasteiger partial charge in [-0.1, -0.05) is 23.7 Å². The Labute approximate surface area is 197 Å². The molecule has 0 bridgehead atoms. The summed E-state index contributed by atoms with van der Waals surface area (Å²) < 4.78 is 9.70. The molecule has 0 radical (unpaired) electrons. The Morgan fingerprint density at radius 1 is 1.12 bits per heavy atom. The second-order valence-corrected chi connectivity index (χ2v) is 9.62. The van der Waals surface area contributed by atoms with Gasteiger partial charge in [0.25, 0.3) is 0 Å². The zero-order chi connectivity index (χ0) is 22.5. The molecule has 1 aromatic carbocycles. The second kappa shape index (κ2) is 10.6. The Kier molecular flexibility index (Phi) is 7.63. The van der Waals surface area contributed by atoms with Gasteiger partial charge in [-0.3, -0.25) is 9.59 Å². The van der Waals surface area contributed by atoms with Gasteiger partial charge >= 0.3 is 5.97 Å². The van der Waals surface area contributed by atoms with Crippen LogP contribution in [0.2, 0.25) is 5.02 Å². The van der Waals surface area contributed by atoms with Crippen LogP contribution in [0.25, 0.3) is 0 Å². The Bertz CT molecular complexity index is 936. The summed E-state index contributed by atoms with van der Waals surface area (Å²) in [7, 11) is 0. The van der Waals surface area contributed by atoms with Crippen molar-refractivity contribution in [3.63, 3.8) is 0 Å². The zero-order valence-corrected chi connectivity index (χ0v) is 19.9. The summed E-state index contributed by atoms with van der Waals surface area (Å²) >= 11 is 7.35. The van der Waals surface area contributed by atoms with Crippen LogP contribution < -0.4 is 4.90 Å². The van der Waals surface area contributed by atoms with Crippen molar-refractivity contribution >= 4 is 40.1 Å². The first kappa shape index (κ1) is 23.0. The number of piperidine rings is 2. The molecule has 3 heterocycles. The molecular formula is C23H29ClN4O3S. The summed E-state index contributed by atoms with van der Waals surface area (Å²) in [5.41, 5.74) is 1.12. The fourth-order valence-electron chi connectivity index (χ4n) is 4.47. The van der Waals surface area contributed by atoms with Gasteiger partial charge in [-0.25, -0.2) is 4.98 Å². The third kappa shape index (κ3) is 5.59. The average Bonchev–Trinajstić information content (AvgIpc) is 3.29. The Hall–Kier alpha value is -2.19. The van der Waals surface area contributed by atoms with Gasteiger partial charge in [-0.05, 0) is 50.3 Å². The van der Waals surface area contributed by atoms with Crippen LogP contribution in [-0.4, -0.2) is 58.9 Å². The number of amides is 1. The molecule has 9 heteroatoms. The molecule has 1 aromatic heterocycles. The number of hydrogen-bond acceptors (Lipinski definition) is 7. The van der Waals surface area contributed by atoms with E-state index in [1.165, 1.54) is 11.5 Å². The van der Waals surface area contributed by atoms with E-state index < -0.39 is 0 Å². The van der Waals surface area contributed by atoms with Crippen molar-refractivity contribution in [3.8, 4) is 0 Å². The van der Waals surface area contributed by atoms with Crippen LogP contribution in [0.4, 0.5) is 5.13 Å². The predicted molar refractivity (Wildman–Crippen MR) is 125 cm³/mol. The largest absolute Gasteiger partial charge is 0.466 e. The molecule has 0 saturated carbocycles. The fraction of sp³-hybridized carbons (Fsp3) is 0.565. The maximum absolute atomic E-state index is 13.2. The number of carbonyl (C=O) groups excluding carboxylic acids is 2. The SMILES string of the molecule is CCOC(=O)C1CCCN(C(=O)C2CCCN(c3nc(Cc4ccc(Cl)cc4)ns3)C2)C1. The minimum Gasteiger partial charge on any atom is -0.466 e. The highest BCUT2D eigenvalue weighted by Gasteiger charge is 2.35. The second-order valence-electron chi connectivity index (χ2n) is 8.46. The van der Waals surface area contributed by atoms with E-state index in [2.05, 4.69) is 9.27 Å². The lowest BCUT2D eigenvalue weighted by atomic mass is 9.93. The van der Waals surface area contributed by atoms with Gasteiger partial charge in [0.05, 0.1) is 18.4 Å². The van der Waals surface area contributed by atoms with Crippen molar-refractivity contribution in [2.75, 3.05) is 37.7 Å². The summed E-state index contributed by atoms with van der Waals surface area (Å²) in [5.74, 6) is 0.472. The quantitative estimate of drug-likeness (QED) is 0.590. The molecule has 7 nitrogen and oxygen atoms in total. The molecule has 2 atom stereocenters. The molecule has 32 heavy (non-hydrogen) atoms. The highest BCUT2D eigenvalue weighted by molar-refractivity contribution is 7.09. The number of aromatic nitrogens is 2. The minimum atomic E-state index is -0.203. The number of likely N-dealkylation sites (tertiary alicyclic amines) is 1. The first-order chi connectivity index (χ1) is 15.5. The summed E-state index contributed by atoms with van der Waals surface area (Å²) in [6.07, 6.45) is 4.10. The topological polar surface area (TPSA) is 75.6 Å². The maximum atomic E-state index is 13.2. The van der Waals surface area contributed by atoms with E-state index in [4.69, 9.17) is 21.3 Å². The van der Waals surface area contributed by atoms with E-state index in [1.807, 2.05) is 36.1 Å². The monoisotopic (exact) mass is 476 g/mol. The van der Waals surface area contributed by atoms with Crippen LogP contribution in [-0.2, 0) is 20.7 Å². The van der Waals surface area contributed by atoms with E-state index >= 15 is 0 Å². The van der Waals surface area contributed by atoms with Crippen LogP contribution in [0.1, 0.15) is 44.0 Å². The van der Waals surface area contributed by atoms with Gasteiger partial charge in [-0.15, -0.1) is 0 Å². The van der Waals surface area contributed by atoms with Crippen molar-refractivity contribution in [2.24, 2.45) is 11.8 Å². The number of carbonyl (C=O) groups is 2. The number of esters is 1. The van der Waals surface area contributed by atoms with Gasteiger partial charge in [0.2, 0.25) is 11.0 Å². The molecule has 0 aliphatic carbocycles. The fourth-order valence-corrected chi connectivity index (χ4v) is 5.32. The van der Waals surface area contributed by atoms with E-state index in [9.17, 15) is 9.59 Å². The molecule has 2 fully saturated rings. The number of rotatable bonds is 6. The number of nitrogens with zero attached hydrogens (tertiary/aromatic N) is 4. The van der Waals surface area contributed by atoms with Crippen molar-refractivity contribution < 1.29 is 14.3 Å². The van der Waals surface area contributed by atoms with Gasteiger partial charge in [0, 0.05) is 49.2 Å². The summed E-state index contributed by atoms with van der Waals surface area (Å²) in [6, 6.07) is 7.72. The van der Waals surface area contributed by atoms with E-state index in [1.54, 1.807) is 0 Å². The Morgan fingerprint density at radius 2 is 1.88 bits per heavy atom. The molecule has 2 aromatic rings. The standard InChI is InChI=1S/C23H29ClN4O3S/c1-2-31-22(30)18-6-4-11-27(15-18)21(29)17-5-3-12-28(14-17)23-25-20(26-32-23)13-16-7-9-19(24)10-8-16/h7-10,17-18H,2-6,11-15H2,1H3. The molecule has 4 rings (SSSR count). The lowest BCUT2D eigenvalue weighted by Gasteiger charge is -2.37.